The fourth-order valence-corrected chi connectivity index (χ4v) is 2.78. The van der Waals surface area contributed by atoms with Gasteiger partial charge in [0.2, 0.25) is 5.91 Å². The molecule has 140 valence electrons. The summed E-state index contributed by atoms with van der Waals surface area (Å²) in [6.45, 7) is 6.10. The number of nitrogens with one attached hydrogen (secondary N) is 1. The van der Waals surface area contributed by atoms with E-state index in [0.29, 0.717) is 17.1 Å². The van der Waals surface area contributed by atoms with E-state index < -0.39 is 5.38 Å². The molecule has 1 heterocycles. The van der Waals surface area contributed by atoms with E-state index in [1.54, 1.807) is 28.9 Å². The molecule has 6 heteroatoms. The predicted molar refractivity (Wildman–Crippen MR) is 106 cm³/mol. The zero-order valence-electron chi connectivity index (χ0n) is 15.4. The molecular weight excluding hydrogens is 365 g/mol. The fourth-order valence-electron chi connectivity index (χ4n) is 2.58. The van der Waals surface area contributed by atoms with Crippen molar-refractivity contribution in [1.29, 1.82) is 0 Å². The van der Waals surface area contributed by atoms with E-state index in [-0.39, 0.29) is 17.1 Å². The number of halogens is 2. The maximum absolute atomic E-state index is 13.3. The summed E-state index contributed by atoms with van der Waals surface area (Å²) in [6.07, 6.45) is 0. The molecule has 0 saturated carbocycles. The van der Waals surface area contributed by atoms with E-state index >= 15 is 0 Å². The molecule has 3 rings (SSSR count). The Labute approximate surface area is 163 Å². The van der Waals surface area contributed by atoms with Gasteiger partial charge in [0.15, 0.2) is 0 Å². The molecule has 0 spiro atoms. The van der Waals surface area contributed by atoms with Crippen LogP contribution in [0.5, 0.6) is 0 Å². The molecule has 1 atom stereocenters. The Balaban J connectivity index is 1.95. The lowest BCUT2D eigenvalue weighted by Gasteiger charge is -2.14. The van der Waals surface area contributed by atoms with Crippen LogP contribution in [-0.2, 0) is 10.2 Å². The number of hydrogen-bond donors (Lipinski definition) is 1. The van der Waals surface area contributed by atoms with Gasteiger partial charge in [-0.1, -0.05) is 51.1 Å². The van der Waals surface area contributed by atoms with Crippen LogP contribution in [0.2, 0.25) is 0 Å². The molecule has 1 unspecified atom stereocenters. The van der Waals surface area contributed by atoms with Crippen molar-refractivity contribution in [2.45, 2.75) is 31.6 Å². The van der Waals surface area contributed by atoms with Crippen LogP contribution in [0.1, 0.15) is 37.4 Å². The smallest absolute Gasteiger partial charge is 0.248 e. The highest BCUT2D eigenvalue weighted by Gasteiger charge is 2.24. The summed E-state index contributed by atoms with van der Waals surface area (Å²) in [4.78, 5) is 12.7. The quantitative estimate of drug-likeness (QED) is 0.625. The van der Waals surface area contributed by atoms with Crippen LogP contribution in [0.25, 0.3) is 5.69 Å². The van der Waals surface area contributed by atoms with Crippen molar-refractivity contribution in [3.05, 3.63) is 77.7 Å². The molecule has 0 radical (unpaired) electrons. The predicted octanol–water partition coefficient (Wildman–Crippen LogP) is 5.23. The number of benzene rings is 2. The number of anilines is 1. The normalized spacial score (nSPS) is 12.6. The van der Waals surface area contributed by atoms with Gasteiger partial charge < -0.3 is 5.32 Å². The Morgan fingerprint density at radius 1 is 1.11 bits per heavy atom. The van der Waals surface area contributed by atoms with E-state index in [4.69, 9.17) is 11.6 Å². The van der Waals surface area contributed by atoms with E-state index in [1.807, 2.05) is 45.0 Å². The highest BCUT2D eigenvalue weighted by molar-refractivity contribution is 6.32. The molecule has 2 aromatic carbocycles. The third-order valence-corrected chi connectivity index (χ3v) is 4.57. The fraction of sp³-hybridized carbons (Fsp3) is 0.238. The van der Waals surface area contributed by atoms with Crippen molar-refractivity contribution in [3.8, 4) is 5.69 Å². The summed E-state index contributed by atoms with van der Waals surface area (Å²) in [6, 6.07) is 16.9. The first-order valence-electron chi connectivity index (χ1n) is 8.62. The highest BCUT2D eigenvalue weighted by Crippen LogP contribution is 2.28. The van der Waals surface area contributed by atoms with Gasteiger partial charge in [-0.05, 0) is 29.8 Å². The van der Waals surface area contributed by atoms with Crippen molar-refractivity contribution < 1.29 is 9.18 Å². The Morgan fingerprint density at radius 3 is 2.33 bits per heavy atom. The molecule has 0 aliphatic rings. The average molecular weight is 386 g/mol. The molecule has 4 nitrogen and oxygen atoms in total. The van der Waals surface area contributed by atoms with Gasteiger partial charge in [0.25, 0.3) is 0 Å². The van der Waals surface area contributed by atoms with E-state index in [2.05, 4.69) is 10.4 Å². The monoisotopic (exact) mass is 385 g/mol. The van der Waals surface area contributed by atoms with Gasteiger partial charge >= 0.3 is 0 Å². The van der Waals surface area contributed by atoms with Gasteiger partial charge in [-0.2, -0.15) is 5.10 Å². The van der Waals surface area contributed by atoms with Crippen LogP contribution in [0.15, 0.2) is 60.7 Å². The maximum Gasteiger partial charge on any atom is 0.248 e. The van der Waals surface area contributed by atoms with Gasteiger partial charge in [-0.3, -0.25) is 4.79 Å². The molecule has 0 fully saturated rings. The Kier molecular flexibility index (Phi) is 5.33. The topological polar surface area (TPSA) is 46.9 Å². The standard InChI is InChI=1S/C21H21ClFN3O/c1-21(2,3)17-13-18(26(25-17)16-11-9-15(23)10-12-16)24-20(27)19(22)14-7-5-4-6-8-14/h4-13,19H,1-3H3,(H,24,27). The minimum absolute atomic E-state index is 0.218. The summed E-state index contributed by atoms with van der Waals surface area (Å²) in [5, 5.41) is 6.62. The molecule has 1 amide bonds. The zero-order valence-corrected chi connectivity index (χ0v) is 16.2. The van der Waals surface area contributed by atoms with Crippen molar-refractivity contribution in [2.75, 3.05) is 5.32 Å². The number of alkyl halides is 1. The van der Waals surface area contributed by atoms with Crippen molar-refractivity contribution in [1.82, 2.24) is 9.78 Å². The summed E-state index contributed by atoms with van der Waals surface area (Å²) < 4.78 is 14.9. The van der Waals surface area contributed by atoms with Gasteiger partial charge in [0.05, 0.1) is 11.4 Å². The summed E-state index contributed by atoms with van der Waals surface area (Å²) in [7, 11) is 0. The molecule has 0 aliphatic carbocycles. The SMILES string of the molecule is CC(C)(C)c1cc(NC(=O)C(Cl)c2ccccc2)n(-c2ccc(F)cc2)n1. The number of aromatic nitrogens is 2. The Bertz CT molecular complexity index is 930. The van der Waals surface area contributed by atoms with Crippen LogP contribution in [-0.4, -0.2) is 15.7 Å². The lowest BCUT2D eigenvalue weighted by Crippen LogP contribution is -2.19. The minimum atomic E-state index is -0.833. The molecule has 27 heavy (non-hydrogen) atoms. The number of nitrogens with zero attached hydrogens (tertiary/aromatic N) is 2. The van der Waals surface area contributed by atoms with Crippen LogP contribution in [0.3, 0.4) is 0 Å². The summed E-state index contributed by atoms with van der Waals surface area (Å²) in [5.41, 5.74) is 1.94. The first-order chi connectivity index (χ1) is 12.8. The van der Waals surface area contributed by atoms with Crippen LogP contribution in [0, 0.1) is 5.82 Å². The van der Waals surface area contributed by atoms with Crippen molar-refractivity contribution in [3.63, 3.8) is 0 Å². The first kappa shape index (κ1) is 19.1. The lowest BCUT2D eigenvalue weighted by molar-refractivity contribution is -0.116. The number of carbonyl (C=O) groups is 1. The second-order valence-electron chi connectivity index (χ2n) is 7.32. The third-order valence-electron chi connectivity index (χ3n) is 4.12. The Hall–Kier alpha value is -2.66. The van der Waals surface area contributed by atoms with E-state index in [0.717, 1.165) is 5.69 Å². The lowest BCUT2D eigenvalue weighted by atomic mass is 9.92. The molecule has 3 aromatic rings. The zero-order chi connectivity index (χ0) is 19.6. The van der Waals surface area contributed by atoms with Crippen LogP contribution < -0.4 is 5.32 Å². The molecular formula is C21H21ClFN3O. The first-order valence-corrected chi connectivity index (χ1v) is 9.06. The average Bonchev–Trinajstić information content (AvgIpc) is 3.06. The number of amides is 1. The van der Waals surface area contributed by atoms with Gasteiger partial charge in [0.1, 0.15) is 17.0 Å². The molecule has 1 aromatic heterocycles. The number of rotatable bonds is 4. The van der Waals surface area contributed by atoms with Crippen LogP contribution in [0.4, 0.5) is 10.2 Å². The number of carbonyl (C=O) groups excluding carboxylic acids is 1. The second-order valence-corrected chi connectivity index (χ2v) is 7.75. The third kappa shape index (κ3) is 4.37. The van der Waals surface area contributed by atoms with Crippen molar-refractivity contribution in [2.24, 2.45) is 0 Å². The number of hydrogen-bond acceptors (Lipinski definition) is 2. The van der Waals surface area contributed by atoms with Gasteiger partial charge in [0, 0.05) is 11.5 Å². The largest absolute Gasteiger partial charge is 0.309 e. The van der Waals surface area contributed by atoms with Crippen molar-refractivity contribution >= 4 is 23.3 Å². The molecule has 0 saturated heterocycles. The van der Waals surface area contributed by atoms with E-state index in [9.17, 15) is 9.18 Å². The molecule has 1 N–H and O–H groups in total. The Morgan fingerprint density at radius 2 is 1.74 bits per heavy atom. The minimum Gasteiger partial charge on any atom is -0.309 e. The maximum atomic E-state index is 13.3. The van der Waals surface area contributed by atoms with Crippen LogP contribution >= 0.6 is 11.6 Å². The molecule has 0 bridgehead atoms. The summed E-state index contributed by atoms with van der Waals surface area (Å²) in [5.74, 6) is -0.206. The highest BCUT2D eigenvalue weighted by atomic mass is 35.5. The summed E-state index contributed by atoms with van der Waals surface area (Å²) >= 11 is 6.33. The molecule has 0 aliphatic heterocycles. The second kappa shape index (κ2) is 7.53. The van der Waals surface area contributed by atoms with Gasteiger partial charge in [-0.25, -0.2) is 9.07 Å². The van der Waals surface area contributed by atoms with Gasteiger partial charge in [-0.15, -0.1) is 11.6 Å². The van der Waals surface area contributed by atoms with E-state index in [1.165, 1.54) is 12.1 Å².